The largest absolute Gasteiger partial charge is 0.395 e. The lowest BCUT2D eigenvalue weighted by Gasteiger charge is -2.14. The number of rotatable bonds is 4. The lowest BCUT2D eigenvalue weighted by atomic mass is 10.2. The van der Waals surface area contributed by atoms with Gasteiger partial charge in [-0.2, -0.15) is 11.8 Å². The lowest BCUT2D eigenvalue weighted by Crippen LogP contribution is -2.39. The first-order valence-corrected chi connectivity index (χ1v) is 4.15. The van der Waals surface area contributed by atoms with Crippen LogP contribution >= 0.6 is 11.8 Å². The van der Waals surface area contributed by atoms with Gasteiger partial charge in [-0.05, 0) is 6.26 Å². The third-order valence-electron chi connectivity index (χ3n) is 1.04. The molecule has 0 aromatic carbocycles. The van der Waals surface area contributed by atoms with Gasteiger partial charge in [0.2, 0.25) is 0 Å². The van der Waals surface area contributed by atoms with Crippen LogP contribution in [0.3, 0.4) is 0 Å². The van der Waals surface area contributed by atoms with Crippen LogP contribution in [0.15, 0.2) is 0 Å². The second-order valence-corrected chi connectivity index (χ2v) is 2.78. The SMILES string of the molecule is CSCC(O)C(N)CO. The quantitative estimate of drug-likeness (QED) is 0.483. The van der Waals surface area contributed by atoms with Crippen molar-refractivity contribution in [1.29, 1.82) is 0 Å². The van der Waals surface area contributed by atoms with Gasteiger partial charge in [0.15, 0.2) is 0 Å². The third-order valence-corrected chi connectivity index (χ3v) is 1.72. The van der Waals surface area contributed by atoms with Crippen LogP contribution in [0.5, 0.6) is 0 Å². The average molecular weight is 151 g/mol. The third kappa shape index (κ3) is 3.75. The molecule has 3 nitrogen and oxygen atoms in total. The number of thioether (sulfide) groups is 1. The van der Waals surface area contributed by atoms with E-state index in [-0.39, 0.29) is 6.61 Å². The number of nitrogens with two attached hydrogens (primary N) is 1. The van der Waals surface area contributed by atoms with Gasteiger partial charge in [-0.25, -0.2) is 0 Å². The van der Waals surface area contributed by atoms with Gasteiger partial charge in [-0.1, -0.05) is 0 Å². The van der Waals surface area contributed by atoms with Crippen molar-refractivity contribution in [3.8, 4) is 0 Å². The molecule has 2 atom stereocenters. The molecule has 4 N–H and O–H groups in total. The standard InChI is InChI=1S/C5H13NO2S/c1-9-3-5(8)4(6)2-7/h4-5,7-8H,2-3,6H2,1H3. The van der Waals surface area contributed by atoms with Crippen LogP contribution in [-0.4, -0.2) is 41.0 Å². The molecular weight excluding hydrogens is 138 g/mol. The summed E-state index contributed by atoms with van der Waals surface area (Å²) in [5.41, 5.74) is 5.29. The van der Waals surface area contributed by atoms with Gasteiger partial charge < -0.3 is 15.9 Å². The van der Waals surface area contributed by atoms with Crippen molar-refractivity contribution in [1.82, 2.24) is 0 Å². The molecule has 0 fully saturated rings. The Morgan fingerprint density at radius 3 is 2.56 bits per heavy atom. The summed E-state index contributed by atoms with van der Waals surface area (Å²) in [5.74, 6) is 0.585. The molecule has 56 valence electrons. The number of hydrogen-bond acceptors (Lipinski definition) is 4. The zero-order chi connectivity index (χ0) is 7.28. The number of hydrogen-bond donors (Lipinski definition) is 3. The molecule has 0 radical (unpaired) electrons. The Morgan fingerprint density at radius 1 is 1.67 bits per heavy atom. The Balaban J connectivity index is 3.32. The molecule has 0 aliphatic rings. The normalized spacial score (nSPS) is 17.3. The smallest absolute Gasteiger partial charge is 0.0803 e. The van der Waals surface area contributed by atoms with Crippen molar-refractivity contribution in [2.24, 2.45) is 5.73 Å². The second kappa shape index (κ2) is 5.05. The van der Waals surface area contributed by atoms with Crippen LogP contribution in [0.1, 0.15) is 0 Å². The van der Waals surface area contributed by atoms with E-state index in [0.29, 0.717) is 5.75 Å². The maximum absolute atomic E-state index is 9.01. The van der Waals surface area contributed by atoms with Crippen LogP contribution in [0.25, 0.3) is 0 Å². The van der Waals surface area contributed by atoms with E-state index < -0.39 is 12.1 Å². The minimum atomic E-state index is -0.579. The van der Waals surface area contributed by atoms with Crippen molar-refractivity contribution in [2.75, 3.05) is 18.6 Å². The van der Waals surface area contributed by atoms with E-state index in [0.717, 1.165) is 0 Å². The highest BCUT2D eigenvalue weighted by Crippen LogP contribution is 1.98. The Kier molecular flexibility index (Phi) is 5.18. The highest BCUT2D eigenvalue weighted by atomic mass is 32.2. The predicted molar refractivity (Wildman–Crippen MR) is 39.5 cm³/mol. The highest BCUT2D eigenvalue weighted by molar-refractivity contribution is 7.98. The first-order chi connectivity index (χ1) is 4.22. The van der Waals surface area contributed by atoms with Crippen LogP contribution in [-0.2, 0) is 0 Å². The van der Waals surface area contributed by atoms with E-state index in [4.69, 9.17) is 15.9 Å². The summed E-state index contributed by atoms with van der Waals surface area (Å²) in [6.07, 6.45) is 1.30. The van der Waals surface area contributed by atoms with Crippen LogP contribution < -0.4 is 5.73 Å². The first kappa shape index (κ1) is 9.23. The predicted octanol–water partition coefficient (Wildman–Crippen LogP) is -0.970. The van der Waals surface area contributed by atoms with Crippen molar-refractivity contribution in [2.45, 2.75) is 12.1 Å². The molecule has 0 aromatic heterocycles. The summed E-state index contributed by atoms with van der Waals surface area (Å²) in [7, 11) is 0. The topological polar surface area (TPSA) is 66.5 Å². The van der Waals surface area contributed by atoms with Crippen molar-refractivity contribution >= 4 is 11.8 Å². The Hall–Kier alpha value is 0.230. The average Bonchev–Trinajstić information content (AvgIpc) is 1.87. The summed E-state index contributed by atoms with van der Waals surface area (Å²) in [4.78, 5) is 0. The fourth-order valence-corrected chi connectivity index (χ4v) is 1.00. The van der Waals surface area contributed by atoms with Gasteiger partial charge in [0.25, 0.3) is 0 Å². The Bertz CT molecular complexity index is 72.0. The molecule has 0 bridgehead atoms. The van der Waals surface area contributed by atoms with Crippen LogP contribution in [0.2, 0.25) is 0 Å². The van der Waals surface area contributed by atoms with Gasteiger partial charge in [0.05, 0.1) is 18.8 Å². The van der Waals surface area contributed by atoms with E-state index in [1.54, 1.807) is 0 Å². The summed E-state index contributed by atoms with van der Waals surface area (Å²) in [6.45, 7) is -0.151. The molecule has 0 amide bonds. The Labute approximate surface area is 59.3 Å². The molecule has 9 heavy (non-hydrogen) atoms. The molecular formula is C5H13NO2S. The maximum atomic E-state index is 9.01. The first-order valence-electron chi connectivity index (χ1n) is 2.75. The summed E-state index contributed by atoms with van der Waals surface area (Å²) in [6, 6.07) is -0.488. The molecule has 2 unspecified atom stereocenters. The molecule has 0 rings (SSSR count). The number of aliphatic hydroxyl groups is 2. The monoisotopic (exact) mass is 151 g/mol. The van der Waals surface area contributed by atoms with E-state index in [2.05, 4.69) is 0 Å². The van der Waals surface area contributed by atoms with E-state index >= 15 is 0 Å². The molecule has 0 saturated carbocycles. The van der Waals surface area contributed by atoms with Crippen LogP contribution in [0.4, 0.5) is 0 Å². The van der Waals surface area contributed by atoms with Crippen molar-refractivity contribution in [3.05, 3.63) is 0 Å². The Morgan fingerprint density at radius 2 is 2.22 bits per heavy atom. The summed E-state index contributed by atoms with van der Waals surface area (Å²) in [5, 5.41) is 17.4. The van der Waals surface area contributed by atoms with Gasteiger partial charge >= 0.3 is 0 Å². The zero-order valence-corrected chi connectivity index (χ0v) is 6.27. The molecule has 0 saturated heterocycles. The second-order valence-electron chi connectivity index (χ2n) is 1.87. The molecule has 4 heteroatoms. The summed E-state index contributed by atoms with van der Waals surface area (Å²) < 4.78 is 0. The fourth-order valence-electron chi connectivity index (χ4n) is 0.416. The van der Waals surface area contributed by atoms with Gasteiger partial charge in [-0.3, -0.25) is 0 Å². The van der Waals surface area contributed by atoms with Gasteiger partial charge in [0.1, 0.15) is 0 Å². The van der Waals surface area contributed by atoms with Gasteiger partial charge in [0, 0.05) is 5.75 Å². The lowest BCUT2D eigenvalue weighted by molar-refractivity contribution is 0.127. The van der Waals surface area contributed by atoms with Crippen LogP contribution in [0, 0.1) is 0 Å². The minimum absolute atomic E-state index is 0.151. The molecule has 0 aliphatic heterocycles. The fraction of sp³-hybridized carbons (Fsp3) is 1.00. The zero-order valence-electron chi connectivity index (χ0n) is 5.45. The van der Waals surface area contributed by atoms with E-state index in [1.807, 2.05) is 6.26 Å². The number of aliphatic hydroxyl groups excluding tert-OH is 2. The molecule has 0 aliphatic carbocycles. The summed E-state index contributed by atoms with van der Waals surface area (Å²) >= 11 is 1.51. The van der Waals surface area contributed by atoms with Crippen molar-refractivity contribution < 1.29 is 10.2 Å². The van der Waals surface area contributed by atoms with E-state index in [1.165, 1.54) is 11.8 Å². The molecule has 0 aromatic rings. The highest BCUT2D eigenvalue weighted by Gasteiger charge is 2.11. The molecule has 0 spiro atoms. The maximum Gasteiger partial charge on any atom is 0.0803 e. The minimum Gasteiger partial charge on any atom is -0.395 e. The van der Waals surface area contributed by atoms with Gasteiger partial charge in [-0.15, -0.1) is 0 Å². The molecule has 0 heterocycles. The van der Waals surface area contributed by atoms with E-state index in [9.17, 15) is 0 Å². The van der Waals surface area contributed by atoms with Crippen molar-refractivity contribution in [3.63, 3.8) is 0 Å².